The van der Waals surface area contributed by atoms with Gasteiger partial charge in [-0.3, -0.25) is 4.79 Å². The lowest BCUT2D eigenvalue weighted by Crippen LogP contribution is -2.24. The Bertz CT molecular complexity index is 364. The summed E-state index contributed by atoms with van der Waals surface area (Å²) in [7, 11) is 0. The van der Waals surface area contributed by atoms with E-state index in [4.69, 9.17) is 4.42 Å². The van der Waals surface area contributed by atoms with E-state index >= 15 is 0 Å². The lowest BCUT2D eigenvalue weighted by molar-refractivity contribution is 0.0951. The van der Waals surface area contributed by atoms with Crippen LogP contribution in [0.15, 0.2) is 16.7 Å². The quantitative estimate of drug-likeness (QED) is 0.796. The minimum Gasteiger partial charge on any atom is -0.469 e. The first-order valence-electron chi connectivity index (χ1n) is 6.59. The van der Waals surface area contributed by atoms with Crippen LogP contribution < -0.4 is 5.32 Å². The Kier molecular flexibility index (Phi) is 4.24. The van der Waals surface area contributed by atoms with Crippen LogP contribution in [-0.4, -0.2) is 12.5 Å². The van der Waals surface area contributed by atoms with Crippen molar-refractivity contribution in [2.75, 3.05) is 6.54 Å². The molecule has 2 rings (SSSR count). The van der Waals surface area contributed by atoms with Gasteiger partial charge in [-0.25, -0.2) is 0 Å². The summed E-state index contributed by atoms with van der Waals surface area (Å²) < 4.78 is 5.11. The van der Waals surface area contributed by atoms with Crippen LogP contribution in [0.3, 0.4) is 0 Å². The monoisotopic (exact) mass is 235 g/mol. The number of aryl methyl sites for hydroxylation is 1. The van der Waals surface area contributed by atoms with Crippen molar-refractivity contribution < 1.29 is 9.21 Å². The van der Waals surface area contributed by atoms with Gasteiger partial charge in [0, 0.05) is 6.54 Å². The van der Waals surface area contributed by atoms with Gasteiger partial charge in [0.15, 0.2) is 0 Å². The van der Waals surface area contributed by atoms with Gasteiger partial charge < -0.3 is 9.73 Å². The van der Waals surface area contributed by atoms with Crippen LogP contribution in [0, 0.1) is 12.8 Å². The van der Waals surface area contributed by atoms with Crippen molar-refractivity contribution in [2.45, 2.75) is 45.4 Å². The third-order valence-corrected chi connectivity index (χ3v) is 3.65. The predicted octanol–water partition coefficient (Wildman–Crippen LogP) is 3.29. The molecule has 0 atom stereocenters. The van der Waals surface area contributed by atoms with Crippen molar-refractivity contribution in [1.29, 1.82) is 0 Å². The number of carbonyl (C=O) groups excluding carboxylic acids is 1. The first-order chi connectivity index (χ1) is 8.27. The van der Waals surface area contributed by atoms with E-state index < -0.39 is 0 Å². The fourth-order valence-corrected chi connectivity index (χ4v) is 2.61. The standard InChI is InChI=1S/C14H21NO2/c1-11-13(8-10-17-11)14(16)15-9-4-7-12-5-2-3-6-12/h8,10,12H,2-7,9H2,1H3,(H,15,16). The highest BCUT2D eigenvalue weighted by molar-refractivity contribution is 5.94. The van der Waals surface area contributed by atoms with Crippen molar-refractivity contribution in [3.05, 3.63) is 23.7 Å². The van der Waals surface area contributed by atoms with E-state index in [1.54, 1.807) is 12.3 Å². The highest BCUT2D eigenvalue weighted by Gasteiger charge is 2.15. The minimum absolute atomic E-state index is 0.0114. The molecule has 1 aliphatic rings. The Morgan fingerprint density at radius 3 is 2.88 bits per heavy atom. The molecule has 1 heterocycles. The van der Waals surface area contributed by atoms with Crippen LogP contribution in [0.1, 0.15) is 54.6 Å². The predicted molar refractivity (Wildman–Crippen MR) is 67.0 cm³/mol. The molecule has 0 bridgehead atoms. The highest BCUT2D eigenvalue weighted by Crippen LogP contribution is 2.28. The molecule has 94 valence electrons. The molecule has 0 spiro atoms. The van der Waals surface area contributed by atoms with Crippen LogP contribution in [0.25, 0.3) is 0 Å². The van der Waals surface area contributed by atoms with Gasteiger partial charge in [-0.1, -0.05) is 25.7 Å². The fraction of sp³-hybridized carbons (Fsp3) is 0.643. The maximum Gasteiger partial charge on any atom is 0.254 e. The molecule has 0 unspecified atom stereocenters. The van der Waals surface area contributed by atoms with Crippen LogP contribution in [0.2, 0.25) is 0 Å². The maximum absolute atomic E-state index is 11.8. The van der Waals surface area contributed by atoms with Gasteiger partial charge in [0.2, 0.25) is 0 Å². The molecule has 3 nitrogen and oxygen atoms in total. The van der Waals surface area contributed by atoms with E-state index in [0.29, 0.717) is 11.3 Å². The summed E-state index contributed by atoms with van der Waals surface area (Å²) in [5.41, 5.74) is 0.658. The SMILES string of the molecule is Cc1occc1C(=O)NCCCC1CCCC1. The normalized spacial score (nSPS) is 16.3. The molecule has 0 radical (unpaired) electrons. The molecule has 0 saturated heterocycles. The lowest BCUT2D eigenvalue weighted by Gasteiger charge is -2.09. The van der Waals surface area contributed by atoms with Gasteiger partial charge in [-0.05, 0) is 31.7 Å². The van der Waals surface area contributed by atoms with E-state index in [9.17, 15) is 4.79 Å². The molecule has 1 aromatic rings. The average molecular weight is 235 g/mol. The summed E-state index contributed by atoms with van der Waals surface area (Å²) in [6, 6.07) is 1.72. The zero-order valence-electron chi connectivity index (χ0n) is 10.5. The third kappa shape index (κ3) is 3.35. The van der Waals surface area contributed by atoms with Gasteiger partial charge in [0.25, 0.3) is 5.91 Å². The molecule has 1 aromatic heterocycles. The van der Waals surface area contributed by atoms with Crippen molar-refractivity contribution in [3.63, 3.8) is 0 Å². The fourth-order valence-electron chi connectivity index (χ4n) is 2.61. The summed E-state index contributed by atoms with van der Waals surface area (Å²) in [5, 5.41) is 2.95. The molecular formula is C14H21NO2. The Balaban J connectivity index is 1.65. The van der Waals surface area contributed by atoms with E-state index in [0.717, 1.165) is 18.9 Å². The Labute approximate surface area is 103 Å². The largest absolute Gasteiger partial charge is 0.469 e. The molecule has 1 aliphatic carbocycles. The smallest absolute Gasteiger partial charge is 0.254 e. The Morgan fingerprint density at radius 1 is 1.47 bits per heavy atom. The van der Waals surface area contributed by atoms with Crippen LogP contribution in [0.5, 0.6) is 0 Å². The number of nitrogens with one attached hydrogen (secondary N) is 1. The van der Waals surface area contributed by atoms with Crippen molar-refractivity contribution >= 4 is 5.91 Å². The number of hydrogen-bond donors (Lipinski definition) is 1. The second-order valence-corrected chi connectivity index (χ2v) is 4.94. The van der Waals surface area contributed by atoms with E-state index in [2.05, 4.69) is 5.32 Å². The molecule has 0 aromatic carbocycles. The summed E-state index contributed by atoms with van der Waals surface area (Å²) in [6.07, 6.45) is 9.46. The summed E-state index contributed by atoms with van der Waals surface area (Å²) in [6.45, 7) is 2.59. The number of rotatable bonds is 5. The minimum atomic E-state index is -0.0114. The van der Waals surface area contributed by atoms with Crippen molar-refractivity contribution in [3.8, 4) is 0 Å². The zero-order chi connectivity index (χ0) is 12.1. The average Bonchev–Trinajstić information content (AvgIpc) is 2.95. The molecule has 1 N–H and O–H groups in total. The molecule has 3 heteroatoms. The molecule has 1 saturated carbocycles. The summed E-state index contributed by atoms with van der Waals surface area (Å²) in [5.74, 6) is 1.59. The van der Waals surface area contributed by atoms with E-state index in [-0.39, 0.29) is 5.91 Å². The first kappa shape index (κ1) is 12.2. The maximum atomic E-state index is 11.8. The van der Waals surface area contributed by atoms with Gasteiger partial charge >= 0.3 is 0 Å². The molecule has 1 amide bonds. The summed E-state index contributed by atoms with van der Waals surface area (Å²) >= 11 is 0. The van der Waals surface area contributed by atoms with Gasteiger partial charge in [-0.2, -0.15) is 0 Å². The summed E-state index contributed by atoms with van der Waals surface area (Å²) in [4.78, 5) is 11.8. The highest BCUT2D eigenvalue weighted by atomic mass is 16.3. The number of amides is 1. The Hall–Kier alpha value is -1.25. The molecule has 0 aliphatic heterocycles. The number of hydrogen-bond acceptors (Lipinski definition) is 2. The Morgan fingerprint density at radius 2 is 2.24 bits per heavy atom. The van der Waals surface area contributed by atoms with Crippen molar-refractivity contribution in [2.24, 2.45) is 5.92 Å². The van der Waals surface area contributed by atoms with Crippen LogP contribution in [-0.2, 0) is 0 Å². The lowest BCUT2D eigenvalue weighted by atomic mass is 10.0. The first-order valence-corrected chi connectivity index (χ1v) is 6.59. The second-order valence-electron chi connectivity index (χ2n) is 4.94. The number of furan rings is 1. The third-order valence-electron chi connectivity index (χ3n) is 3.65. The van der Waals surface area contributed by atoms with Crippen LogP contribution >= 0.6 is 0 Å². The van der Waals surface area contributed by atoms with E-state index in [1.165, 1.54) is 32.1 Å². The number of carbonyl (C=O) groups is 1. The van der Waals surface area contributed by atoms with Gasteiger partial charge in [-0.15, -0.1) is 0 Å². The van der Waals surface area contributed by atoms with Crippen LogP contribution in [0.4, 0.5) is 0 Å². The van der Waals surface area contributed by atoms with Crippen molar-refractivity contribution in [1.82, 2.24) is 5.32 Å². The van der Waals surface area contributed by atoms with E-state index in [1.807, 2.05) is 6.92 Å². The second kappa shape index (κ2) is 5.89. The zero-order valence-corrected chi connectivity index (χ0v) is 10.5. The van der Waals surface area contributed by atoms with Gasteiger partial charge in [0.05, 0.1) is 11.8 Å². The topological polar surface area (TPSA) is 42.2 Å². The molecule has 17 heavy (non-hydrogen) atoms. The molecular weight excluding hydrogens is 214 g/mol. The molecule has 1 fully saturated rings. The van der Waals surface area contributed by atoms with Gasteiger partial charge in [0.1, 0.15) is 5.76 Å².